The normalized spacial score (nSPS) is 34.4. The molecule has 1 heterocycles. The first-order chi connectivity index (χ1) is 6.54. The largest absolute Gasteiger partial charge is 0.480 e. The predicted molar refractivity (Wildman–Crippen MR) is 46.7 cm³/mol. The molecular formula is C8H15NO5. The lowest BCUT2D eigenvalue weighted by Crippen LogP contribution is -2.54. The van der Waals surface area contributed by atoms with Crippen molar-refractivity contribution in [3.8, 4) is 0 Å². The van der Waals surface area contributed by atoms with Crippen molar-refractivity contribution >= 4 is 5.97 Å². The van der Waals surface area contributed by atoms with Crippen molar-refractivity contribution in [2.45, 2.75) is 12.2 Å². The van der Waals surface area contributed by atoms with Crippen molar-refractivity contribution < 1.29 is 25.2 Å². The number of carboxylic acid groups (broad SMARTS) is 1. The van der Waals surface area contributed by atoms with Crippen LogP contribution in [0.15, 0.2) is 0 Å². The molecule has 1 rings (SSSR count). The van der Waals surface area contributed by atoms with E-state index >= 15 is 0 Å². The third-order valence-corrected chi connectivity index (χ3v) is 2.41. The number of carboxylic acids is 1. The number of aliphatic carboxylic acids is 1. The maximum absolute atomic E-state index is 10.4. The molecule has 0 bridgehead atoms. The zero-order valence-corrected chi connectivity index (χ0v) is 7.70. The standard InChI is InChI=1S/C8H15NO5/c10-4-5-1-9(3-7(12)13)2-6(11)8(5)14/h5-6,8,10-11,14H,1-4H2,(H,12,13). The van der Waals surface area contributed by atoms with Crippen LogP contribution in [-0.2, 0) is 4.79 Å². The summed E-state index contributed by atoms with van der Waals surface area (Å²) in [7, 11) is 0. The first kappa shape index (κ1) is 11.4. The fraction of sp³-hybridized carbons (Fsp3) is 0.875. The van der Waals surface area contributed by atoms with Gasteiger partial charge in [0, 0.05) is 25.6 Å². The van der Waals surface area contributed by atoms with E-state index in [4.69, 9.17) is 10.2 Å². The highest BCUT2D eigenvalue weighted by atomic mass is 16.4. The maximum atomic E-state index is 10.4. The lowest BCUT2D eigenvalue weighted by Gasteiger charge is -2.37. The smallest absolute Gasteiger partial charge is 0.317 e. The summed E-state index contributed by atoms with van der Waals surface area (Å²) in [6.07, 6.45) is -1.95. The molecule has 0 radical (unpaired) electrons. The Morgan fingerprint density at radius 2 is 2.00 bits per heavy atom. The molecule has 0 aromatic carbocycles. The SMILES string of the molecule is O=C(O)CN1CC(O)C(O)C(CO)C1. The minimum absolute atomic E-state index is 0.129. The molecule has 1 aliphatic rings. The molecule has 0 aromatic heterocycles. The number of rotatable bonds is 3. The average Bonchev–Trinajstić information content (AvgIpc) is 2.10. The van der Waals surface area contributed by atoms with Gasteiger partial charge >= 0.3 is 5.97 Å². The van der Waals surface area contributed by atoms with Crippen molar-refractivity contribution in [2.24, 2.45) is 5.92 Å². The fourth-order valence-corrected chi connectivity index (χ4v) is 1.69. The third-order valence-electron chi connectivity index (χ3n) is 2.41. The molecule has 3 atom stereocenters. The average molecular weight is 205 g/mol. The molecule has 14 heavy (non-hydrogen) atoms. The second-order valence-corrected chi connectivity index (χ2v) is 3.59. The van der Waals surface area contributed by atoms with Gasteiger partial charge in [0.1, 0.15) is 0 Å². The Balaban J connectivity index is 2.53. The zero-order valence-electron chi connectivity index (χ0n) is 7.70. The van der Waals surface area contributed by atoms with Gasteiger partial charge in [-0.05, 0) is 0 Å². The first-order valence-corrected chi connectivity index (χ1v) is 4.45. The lowest BCUT2D eigenvalue weighted by molar-refractivity contribution is -0.142. The van der Waals surface area contributed by atoms with Gasteiger partial charge in [-0.2, -0.15) is 0 Å². The summed E-state index contributed by atoms with van der Waals surface area (Å²) < 4.78 is 0. The van der Waals surface area contributed by atoms with Crippen LogP contribution in [0.2, 0.25) is 0 Å². The van der Waals surface area contributed by atoms with Crippen LogP contribution >= 0.6 is 0 Å². The molecule has 6 nitrogen and oxygen atoms in total. The quantitative estimate of drug-likeness (QED) is 0.414. The van der Waals surface area contributed by atoms with Gasteiger partial charge in [0.05, 0.1) is 18.8 Å². The van der Waals surface area contributed by atoms with Crippen LogP contribution < -0.4 is 0 Å². The van der Waals surface area contributed by atoms with Gasteiger partial charge < -0.3 is 20.4 Å². The van der Waals surface area contributed by atoms with Crippen LogP contribution in [0, 0.1) is 5.92 Å². The van der Waals surface area contributed by atoms with E-state index in [1.165, 1.54) is 4.90 Å². The Morgan fingerprint density at radius 3 is 2.50 bits per heavy atom. The summed E-state index contributed by atoms with van der Waals surface area (Å²) in [5.41, 5.74) is 0. The Labute approximate surface area is 81.4 Å². The summed E-state index contributed by atoms with van der Waals surface area (Å²) in [6.45, 7) is -0.0143. The van der Waals surface area contributed by atoms with Gasteiger partial charge in [-0.3, -0.25) is 9.69 Å². The molecule has 1 fully saturated rings. The number of nitrogens with zero attached hydrogens (tertiary/aromatic N) is 1. The van der Waals surface area contributed by atoms with Gasteiger partial charge in [-0.1, -0.05) is 0 Å². The monoisotopic (exact) mass is 205 g/mol. The number of piperidine rings is 1. The molecule has 4 N–H and O–H groups in total. The van der Waals surface area contributed by atoms with Gasteiger partial charge in [0.25, 0.3) is 0 Å². The summed E-state index contributed by atoms with van der Waals surface area (Å²) in [5, 5.41) is 36.2. The van der Waals surface area contributed by atoms with E-state index in [1.807, 2.05) is 0 Å². The fourth-order valence-electron chi connectivity index (χ4n) is 1.69. The van der Waals surface area contributed by atoms with E-state index < -0.39 is 24.1 Å². The van der Waals surface area contributed by atoms with Crippen LogP contribution in [0.1, 0.15) is 0 Å². The highest BCUT2D eigenvalue weighted by Crippen LogP contribution is 2.16. The molecule has 1 saturated heterocycles. The van der Waals surface area contributed by atoms with E-state index in [0.717, 1.165) is 0 Å². The lowest BCUT2D eigenvalue weighted by atomic mass is 9.93. The highest BCUT2D eigenvalue weighted by molar-refractivity contribution is 5.69. The molecule has 1 aliphatic heterocycles. The minimum Gasteiger partial charge on any atom is -0.480 e. The van der Waals surface area contributed by atoms with Crippen molar-refractivity contribution in [1.29, 1.82) is 0 Å². The molecule has 0 aromatic rings. The van der Waals surface area contributed by atoms with Gasteiger partial charge in [-0.15, -0.1) is 0 Å². The van der Waals surface area contributed by atoms with Crippen LogP contribution in [0.25, 0.3) is 0 Å². The van der Waals surface area contributed by atoms with E-state index in [2.05, 4.69) is 0 Å². The summed E-state index contributed by atoms with van der Waals surface area (Å²) in [5.74, 6) is -1.46. The summed E-state index contributed by atoms with van der Waals surface area (Å²) in [4.78, 5) is 11.9. The molecule has 0 amide bonds. The Morgan fingerprint density at radius 1 is 1.36 bits per heavy atom. The number of aliphatic hydroxyl groups excluding tert-OH is 3. The first-order valence-electron chi connectivity index (χ1n) is 4.45. The van der Waals surface area contributed by atoms with Gasteiger partial charge in [0.2, 0.25) is 0 Å². The van der Waals surface area contributed by atoms with E-state index in [9.17, 15) is 15.0 Å². The number of aliphatic hydroxyl groups is 3. The summed E-state index contributed by atoms with van der Waals surface area (Å²) in [6, 6.07) is 0. The van der Waals surface area contributed by atoms with Crippen molar-refractivity contribution in [3.63, 3.8) is 0 Å². The number of carbonyl (C=O) groups is 1. The molecule has 3 unspecified atom stereocenters. The Hall–Kier alpha value is -0.690. The molecule has 6 heteroatoms. The van der Waals surface area contributed by atoms with Crippen LogP contribution in [0.3, 0.4) is 0 Å². The molecule has 0 aliphatic carbocycles. The van der Waals surface area contributed by atoms with Crippen molar-refractivity contribution in [2.75, 3.05) is 26.2 Å². The van der Waals surface area contributed by atoms with Crippen LogP contribution in [0.5, 0.6) is 0 Å². The Bertz CT molecular complexity index is 210. The topological polar surface area (TPSA) is 101 Å². The predicted octanol–water partition coefficient (Wildman–Crippen LogP) is -2.28. The van der Waals surface area contributed by atoms with E-state index in [1.54, 1.807) is 0 Å². The van der Waals surface area contributed by atoms with Gasteiger partial charge in [-0.25, -0.2) is 0 Å². The Kier molecular flexibility index (Phi) is 3.82. The third kappa shape index (κ3) is 2.65. The van der Waals surface area contributed by atoms with Crippen LogP contribution in [0.4, 0.5) is 0 Å². The number of likely N-dealkylation sites (tertiary alicyclic amines) is 1. The molecule has 0 saturated carbocycles. The minimum atomic E-state index is -0.986. The second kappa shape index (κ2) is 4.70. The van der Waals surface area contributed by atoms with Crippen molar-refractivity contribution in [1.82, 2.24) is 4.90 Å². The molecular weight excluding hydrogens is 190 g/mol. The molecule has 0 spiro atoms. The number of hydrogen-bond acceptors (Lipinski definition) is 5. The van der Waals surface area contributed by atoms with E-state index in [-0.39, 0.29) is 19.7 Å². The zero-order chi connectivity index (χ0) is 10.7. The second-order valence-electron chi connectivity index (χ2n) is 3.59. The number of β-amino-alcohol motifs (C(OH)–C–C–N with tert-alkyl or cyclic N) is 1. The highest BCUT2D eigenvalue weighted by Gasteiger charge is 2.34. The van der Waals surface area contributed by atoms with Crippen LogP contribution in [-0.4, -0.2) is 69.7 Å². The summed E-state index contributed by atoms with van der Waals surface area (Å²) >= 11 is 0. The maximum Gasteiger partial charge on any atom is 0.317 e. The number of hydrogen-bond donors (Lipinski definition) is 4. The van der Waals surface area contributed by atoms with E-state index in [0.29, 0.717) is 6.54 Å². The van der Waals surface area contributed by atoms with Crippen molar-refractivity contribution in [3.05, 3.63) is 0 Å². The van der Waals surface area contributed by atoms with Gasteiger partial charge in [0.15, 0.2) is 0 Å². The molecule has 82 valence electrons.